The van der Waals surface area contributed by atoms with Crippen LogP contribution in [0.15, 0.2) is 18.2 Å². The van der Waals surface area contributed by atoms with Gasteiger partial charge in [0, 0.05) is 12.1 Å². The number of benzene rings is 1. The molecule has 1 aromatic carbocycles. The quantitative estimate of drug-likeness (QED) is 0.559. The number of ether oxygens (including phenoxy) is 1. The largest absolute Gasteiger partial charge is 0.487 e. The van der Waals surface area contributed by atoms with E-state index >= 15 is 0 Å². The fourth-order valence-corrected chi connectivity index (χ4v) is 1.06. The summed E-state index contributed by atoms with van der Waals surface area (Å²) in [5.74, 6) is 0.154. The Balaban J connectivity index is 3.06. The van der Waals surface area contributed by atoms with Gasteiger partial charge in [-0.15, -0.1) is 0 Å². The van der Waals surface area contributed by atoms with E-state index in [1.165, 1.54) is 18.2 Å². The third-order valence-corrected chi connectivity index (χ3v) is 1.75. The zero-order chi connectivity index (χ0) is 11.3. The summed E-state index contributed by atoms with van der Waals surface area (Å²) in [6.45, 7) is 2.30. The predicted molar refractivity (Wildman–Crippen MR) is 53.6 cm³/mol. The van der Waals surface area contributed by atoms with E-state index in [-0.39, 0.29) is 11.4 Å². The van der Waals surface area contributed by atoms with Crippen LogP contribution < -0.4 is 4.74 Å². The second-order valence-corrected chi connectivity index (χ2v) is 2.90. The molecule has 5 nitrogen and oxygen atoms in total. The first kappa shape index (κ1) is 11.0. The first-order valence-electron chi connectivity index (χ1n) is 4.50. The molecule has 0 atom stereocenters. The van der Waals surface area contributed by atoms with Crippen LogP contribution in [0, 0.1) is 21.4 Å². The van der Waals surface area contributed by atoms with E-state index in [1.54, 1.807) is 0 Å². The van der Waals surface area contributed by atoms with Gasteiger partial charge < -0.3 is 4.74 Å². The highest BCUT2D eigenvalue weighted by Gasteiger charge is 2.15. The van der Waals surface area contributed by atoms with E-state index < -0.39 is 4.92 Å². The summed E-state index contributed by atoms with van der Waals surface area (Å²) in [7, 11) is 0. The van der Waals surface area contributed by atoms with Gasteiger partial charge in [-0.2, -0.15) is 5.26 Å². The molecule has 0 aliphatic heterocycles. The molecule has 0 heterocycles. The van der Waals surface area contributed by atoms with Gasteiger partial charge in [-0.05, 0) is 12.5 Å². The molecule has 0 unspecified atom stereocenters. The Labute approximate surface area is 87.1 Å². The van der Waals surface area contributed by atoms with E-state index in [0.717, 1.165) is 6.42 Å². The molecule has 0 aromatic heterocycles. The number of nitriles is 1. The lowest BCUT2D eigenvalue weighted by atomic mass is 10.2. The van der Waals surface area contributed by atoms with Gasteiger partial charge in [0.05, 0.1) is 23.2 Å². The van der Waals surface area contributed by atoms with Crippen LogP contribution >= 0.6 is 0 Å². The molecule has 1 aromatic rings. The monoisotopic (exact) mass is 206 g/mol. The number of nitro benzene ring substituents is 1. The first-order valence-corrected chi connectivity index (χ1v) is 4.50. The predicted octanol–water partition coefficient (Wildman–Crippen LogP) is 2.26. The van der Waals surface area contributed by atoms with Crippen molar-refractivity contribution in [3.05, 3.63) is 33.9 Å². The highest BCUT2D eigenvalue weighted by molar-refractivity contribution is 5.51. The van der Waals surface area contributed by atoms with Crippen LogP contribution in [0.1, 0.15) is 18.9 Å². The Hall–Kier alpha value is -2.09. The minimum Gasteiger partial charge on any atom is -0.487 e. The number of hydrogen-bond acceptors (Lipinski definition) is 4. The second kappa shape index (κ2) is 4.96. The molecule has 0 radical (unpaired) electrons. The molecular weight excluding hydrogens is 196 g/mol. The summed E-state index contributed by atoms with van der Waals surface area (Å²) >= 11 is 0. The molecule has 0 bridgehead atoms. The SMILES string of the molecule is CCCOc1cc(C#N)ccc1[N+](=O)[O-]. The van der Waals surface area contributed by atoms with Gasteiger partial charge in [0.25, 0.3) is 0 Å². The van der Waals surface area contributed by atoms with Crippen LogP contribution in [0.5, 0.6) is 5.75 Å². The van der Waals surface area contributed by atoms with E-state index in [9.17, 15) is 10.1 Å². The van der Waals surface area contributed by atoms with Crippen molar-refractivity contribution in [2.24, 2.45) is 0 Å². The van der Waals surface area contributed by atoms with Crippen molar-refractivity contribution in [2.75, 3.05) is 6.61 Å². The van der Waals surface area contributed by atoms with Crippen LogP contribution in [-0.2, 0) is 0 Å². The third kappa shape index (κ3) is 2.68. The summed E-state index contributed by atoms with van der Waals surface area (Å²) in [6.07, 6.45) is 0.758. The van der Waals surface area contributed by atoms with Crippen molar-refractivity contribution in [1.82, 2.24) is 0 Å². The van der Waals surface area contributed by atoms with Crippen molar-refractivity contribution in [3.8, 4) is 11.8 Å². The van der Waals surface area contributed by atoms with Gasteiger partial charge >= 0.3 is 5.69 Å². The normalized spacial score (nSPS) is 9.33. The highest BCUT2D eigenvalue weighted by atomic mass is 16.6. The summed E-state index contributed by atoms with van der Waals surface area (Å²) in [6, 6.07) is 5.97. The Morgan fingerprint density at radius 3 is 2.87 bits per heavy atom. The molecule has 0 amide bonds. The van der Waals surface area contributed by atoms with Gasteiger partial charge in [0.2, 0.25) is 0 Å². The Morgan fingerprint density at radius 1 is 1.60 bits per heavy atom. The number of nitro groups is 1. The fourth-order valence-electron chi connectivity index (χ4n) is 1.06. The maximum atomic E-state index is 10.6. The van der Waals surface area contributed by atoms with E-state index in [2.05, 4.69) is 0 Å². The van der Waals surface area contributed by atoms with Crippen molar-refractivity contribution in [1.29, 1.82) is 5.26 Å². The van der Waals surface area contributed by atoms with Crippen molar-refractivity contribution in [2.45, 2.75) is 13.3 Å². The Morgan fingerprint density at radius 2 is 2.33 bits per heavy atom. The second-order valence-electron chi connectivity index (χ2n) is 2.90. The molecule has 0 saturated carbocycles. The van der Waals surface area contributed by atoms with Crippen LogP contribution in [0.2, 0.25) is 0 Å². The Bertz CT molecular complexity index is 410. The maximum Gasteiger partial charge on any atom is 0.311 e. The number of hydrogen-bond donors (Lipinski definition) is 0. The van der Waals surface area contributed by atoms with Gasteiger partial charge in [-0.1, -0.05) is 6.92 Å². The maximum absolute atomic E-state index is 10.6. The van der Waals surface area contributed by atoms with Crippen molar-refractivity contribution < 1.29 is 9.66 Å². The number of rotatable bonds is 4. The van der Waals surface area contributed by atoms with Gasteiger partial charge in [0.1, 0.15) is 0 Å². The average Bonchev–Trinajstić information content (AvgIpc) is 2.25. The summed E-state index contributed by atoms with van der Waals surface area (Å²) in [4.78, 5) is 10.1. The standard InChI is InChI=1S/C10H10N2O3/c1-2-5-15-10-6-8(7-11)3-4-9(10)12(13)14/h3-4,6H,2,5H2,1H3. The van der Waals surface area contributed by atoms with Gasteiger partial charge in [-0.25, -0.2) is 0 Å². The van der Waals surface area contributed by atoms with Crippen LogP contribution in [0.4, 0.5) is 5.69 Å². The average molecular weight is 206 g/mol. The van der Waals surface area contributed by atoms with Crippen LogP contribution in [0.25, 0.3) is 0 Å². The molecule has 0 aliphatic carbocycles. The molecule has 15 heavy (non-hydrogen) atoms. The van der Waals surface area contributed by atoms with Gasteiger partial charge in [-0.3, -0.25) is 10.1 Å². The van der Waals surface area contributed by atoms with Gasteiger partial charge in [0.15, 0.2) is 5.75 Å². The lowest BCUT2D eigenvalue weighted by Gasteiger charge is -2.04. The van der Waals surface area contributed by atoms with E-state index in [1.807, 2.05) is 13.0 Å². The fraction of sp³-hybridized carbons (Fsp3) is 0.300. The topological polar surface area (TPSA) is 76.2 Å². The molecule has 0 saturated heterocycles. The minimum absolute atomic E-state index is 0.109. The minimum atomic E-state index is -0.522. The van der Waals surface area contributed by atoms with E-state index in [4.69, 9.17) is 10.00 Å². The summed E-state index contributed by atoms with van der Waals surface area (Å²) in [5, 5.41) is 19.3. The third-order valence-electron chi connectivity index (χ3n) is 1.75. The molecule has 5 heteroatoms. The molecule has 78 valence electrons. The highest BCUT2D eigenvalue weighted by Crippen LogP contribution is 2.27. The number of nitrogens with zero attached hydrogens (tertiary/aromatic N) is 2. The molecule has 0 aliphatic rings. The van der Waals surface area contributed by atoms with Crippen LogP contribution in [0.3, 0.4) is 0 Å². The summed E-state index contributed by atoms with van der Waals surface area (Å²) in [5.41, 5.74) is 0.245. The molecule has 0 fully saturated rings. The zero-order valence-corrected chi connectivity index (χ0v) is 8.27. The summed E-state index contributed by atoms with van der Waals surface area (Å²) < 4.78 is 5.20. The molecule has 0 spiro atoms. The van der Waals surface area contributed by atoms with E-state index in [0.29, 0.717) is 12.2 Å². The molecular formula is C10H10N2O3. The molecule has 1 rings (SSSR count). The van der Waals surface area contributed by atoms with Crippen molar-refractivity contribution >= 4 is 5.69 Å². The first-order chi connectivity index (χ1) is 7.19. The smallest absolute Gasteiger partial charge is 0.311 e. The van der Waals surface area contributed by atoms with Crippen LogP contribution in [-0.4, -0.2) is 11.5 Å². The zero-order valence-electron chi connectivity index (χ0n) is 8.27. The lowest BCUT2D eigenvalue weighted by molar-refractivity contribution is -0.385. The van der Waals surface area contributed by atoms with Crippen molar-refractivity contribution in [3.63, 3.8) is 0 Å². The Kier molecular flexibility index (Phi) is 3.63. The lowest BCUT2D eigenvalue weighted by Crippen LogP contribution is -1.99. The molecule has 0 N–H and O–H groups in total.